The van der Waals surface area contributed by atoms with E-state index in [1.807, 2.05) is 13.0 Å². The first-order valence-corrected chi connectivity index (χ1v) is 7.38. The van der Waals surface area contributed by atoms with Gasteiger partial charge in [-0.2, -0.15) is 0 Å². The van der Waals surface area contributed by atoms with Crippen molar-refractivity contribution in [1.82, 2.24) is 0 Å². The van der Waals surface area contributed by atoms with E-state index in [-0.39, 0.29) is 23.6 Å². The highest BCUT2D eigenvalue weighted by molar-refractivity contribution is 5.80. The lowest BCUT2D eigenvalue weighted by atomic mass is 10.1. The van der Waals surface area contributed by atoms with E-state index in [1.165, 1.54) is 12.1 Å². The van der Waals surface area contributed by atoms with Crippen LogP contribution in [0.5, 0.6) is 11.5 Å². The van der Waals surface area contributed by atoms with Crippen molar-refractivity contribution in [3.8, 4) is 11.5 Å². The summed E-state index contributed by atoms with van der Waals surface area (Å²) >= 11 is 0. The van der Waals surface area contributed by atoms with Crippen LogP contribution < -0.4 is 9.47 Å². The molecule has 0 bridgehead atoms. The van der Waals surface area contributed by atoms with Gasteiger partial charge in [-0.1, -0.05) is 24.3 Å². The highest BCUT2D eigenvalue weighted by Gasteiger charge is 2.45. The molecule has 0 aliphatic heterocycles. The predicted molar refractivity (Wildman–Crippen MR) is 80.5 cm³/mol. The zero-order valence-electron chi connectivity index (χ0n) is 12.3. The maximum atomic E-state index is 12.9. The molecule has 2 unspecified atom stereocenters. The second-order valence-corrected chi connectivity index (χ2v) is 5.30. The van der Waals surface area contributed by atoms with E-state index < -0.39 is 0 Å². The number of carbonyl (C=O) groups is 1. The first kappa shape index (κ1) is 14.6. The van der Waals surface area contributed by atoms with Gasteiger partial charge in [0.05, 0.1) is 12.5 Å². The predicted octanol–water partition coefficient (Wildman–Crippen LogP) is 3.93. The normalized spacial score (nSPS) is 19.5. The molecule has 0 saturated heterocycles. The Kier molecular flexibility index (Phi) is 4.09. The van der Waals surface area contributed by atoms with E-state index in [2.05, 4.69) is 0 Å². The fourth-order valence-electron chi connectivity index (χ4n) is 2.53. The van der Waals surface area contributed by atoms with Gasteiger partial charge in [-0.3, -0.25) is 4.79 Å². The van der Waals surface area contributed by atoms with Crippen molar-refractivity contribution in [2.75, 3.05) is 6.61 Å². The second kappa shape index (κ2) is 6.18. The summed E-state index contributed by atoms with van der Waals surface area (Å²) in [6.45, 7) is 2.39. The molecule has 0 aromatic heterocycles. The van der Waals surface area contributed by atoms with Crippen LogP contribution in [-0.2, 0) is 4.79 Å². The summed E-state index contributed by atoms with van der Waals surface area (Å²) < 4.78 is 23.8. The fraction of sp³-hybridized carbons (Fsp3) is 0.278. The molecule has 3 nitrogen and oxygen atoms in total. The van der Waals surface area contributed by atoms with Crippen molar-refractivity contribution in [2.24, 2.45) is 5.92 Å². The SMILES string of the molecule is CCOc1ccccc1OC(=O)C1CC1c1ccc(F)cc1. The number of hydrogen-bond donors (Lipinski definition) is 0. The van der Waals surface area contributed by atoms with Crippen LogP contribution in [0.3, 0.4) is 0 Å². The lowest BCUT2D eigenvalue weighted by molar-refractivity contribution is -0.136. The Labute approximate surface area is 128 Å². The molecular weight excluding hydrogens is 283 g/mol. The van der Waals surface area contributed by atoms with Gasteiger partial charge >= 0.3 is 5.97 Å². The molecule has 0 amide bonds. The van der Waals surface area contributed by atoms with E-state index >= 15 is 0 Å². The van der Waals surface area contributed by atoms with E-state index in [0.717, 1.165) is 12.0 Å². The number of rotatable bonds is 5. The fourth-order valence-corrected chi connectivity index (χ4v) is 2.53. The Morgan fingerprint density at radius 2 is 1.82 bits per heavy atom. The van der Waals surface area contributed by atoms with Crippen molar-refractivity contribution >= 4 is 5.97 Å². The van der Waals surface area contributed by atoms with Crippen LogP contribution in [0.1, 0.15) is 24.8 Å². The molecule has 0 spiro atoms. The topological polar surface area (TPSA) is 35.5 Å². The third kappa shape index (κ3) is 3.11. The third-order valence-corrected chi connectivity index (χ3v) is 3.75. The van der Waals surface area contributed by atoms with Crippen molar-refractivity contribution in [1.29, 1.82) is 0 Å². The Hall–Kier alpha value is -2.36. The van der Waals surface area contributed by atoms with E-state index in [9.17, 15) is 9.18 Å². The summed E-state index contributed by atoms with van der Waals surface area (Å²) in [4.78, 5) is 12.2. The third-order valence-electron chi connectivity index (χ3n) is 3.75. The molecule has 2 atom stereocenters. The van der Waals surface area contributed by atoms with Crippen molar-refractivity contribution < 1.29 is 18.7 Å². The zero-order chi connectivity index (χ0) is 15.5. The van der Waals surface area contributed by atoms with Crippen molar-refractivity contribution in [3.05, 3.63) is 59.9 Å². The molecule has 2 aromatic rings. The highest BCUT2D eigenvalue weighted by atomic mass is 19.1. The summed E-state index contributed by atoms with van der Waals surface area (Å²) in [7, 11) is 0. The van der Waals surface area contributed by atoms with Gasteiger partial charge in [-0.05, 0) is 49.1 Å². The van der Waals surface area contributed by atoms with Crippen molar-refractivity contribution in [2.45, 2.75) is 19.3 Å². The van der Waals surface area contributed by atoms with E-state index in [0.29, 0.717) is 18.1 Å². The average Bonchev–Trinajstić information content (AvgIpc) is 3.31. The number of ether oxygens (including phenoxy) is 2. The minimum Gasteiger partial charge on any atom is -0.490 e. The number of halogens is 1. The summed E-state index contributed by atoms with van der Waals surface area (Å²) in [5.41, 5.74) is 0.974. The minimum atomic E-state index is -0.269. The molecule has 4 heteroatoms. The Bertz CT molecular complexity index is 666. The minimum absolute atomic E-state index is 0.118. The Morgan fingerprint density at radius 1 is 1.14 bits per heavy atom. The van der Waals surface area contributed by atoms with Gasteiger partial charge in [0.2, 0.25) is 0 Å². The molecule has 1 saturated carbocycles. The van der Waals surface area contributed by atoms with E-state index in [4.69, 9.17) is 9.47 Å². The molecule has 0 N–H and O–H groups in total. The molecule has 0 heterocycles. The van der Waals surface area contributed by atoms with Gasteiger partial charge in [-0.15, -0.1) is 0 Å². The summed E-state index contributed by atoms with van der Waals surface area (Å²) in [6, 6.07) is 13.4. The molecule has 0 radical (unpaired) electrons. The lowest BCUT2D eigenvalue weighted by Gasteiger charge is -2.10. The monoisotopic (exact) mass is 300 g/mol. The molecule has 114 valence electrons. The highest BCUT2D eigenvalue weighted by Crippen LogP contribution is 2.48. The summed E-state index contributed by atoms with van der Waals surface area (Å²) in [5, 5.41) is 0. The molecule has 1 aliphatic carbocycles. The Balaban J connectivity index is 1.65. The number of carbonyl (C=O) groups excluding carboxylic acids is 1. The molecule has 22 heavy (non-hydrogen) atoms. The molecule has 1 fully saturated rings. The van der Waals surface area contributed by atoms with Gasteiger partial charge in [0.15, 0.2) is 11.5 Å². The van der Waals surface area contributed by atoms with Crippen LogP contribution in [0.2, 0.25) is 0 Å². The number of esters is 1. The van der Waals surface area contributed by atoms with Crippen LogP contribution in [0.4, 0.5) is 4.39 Å². The van der Waals surface area contributed by atoms with Crippen LogP contribution in [0.15, 0.2) is 48.5 Å². The van der Waals surface area contributed by atoms with Crippen LogP contribution in [0.25, 0.3) is 0 Å². The van der Waals surface area contributed by atoms with Gasteiger partial charge in [0, 0.05) is 0 Å². The first-order valence-electron chi connectivity index (χ1n) is 7.38. The lowest BCUT2D eigenvalue weighted by Crippen LogP contribution is -2.12. The first-order chi connectivity index (χ1) is 10.7. The van der Waals surface area contributed by atoms with Gasteiger partial charge < -0.3 is 9.47 Å². The molecular formula is C18H17FO3. The number of para-hydroxylation sites is 2. The number of benzene rings is 2. The van der Waals surface area contributed by atoms with Crippen LogP contribution >= 0.6 is 0 Å². The maximum absolute atomic E-state index is 12.9. The van der Waals surface area contributed by atoms with E-state index in [1.54, 1.807) is 30.3 Å². The Morgan fingerprint density at radius 3 is 2.50 bits per heavy atom. The average molecular weight is 300 g/mol. The van der Waals surface area contributed by atoms with Gasteiger partial charge in [-0.25, -0.2) is 4.39 Å². The smallest absolute Gasteiger partial charge is 0.315 e. The number of hydrogen-bond acceptors (Lipinski definition) is 3. The van der Waals surface area contributed by atoms with Gasteiger partial charge in [0.1, 0.15) is 5.82 Å². The maximum Gasteiger partial charge on any atom is 0.315 e. The molecule has 1 aliphatic rings. The van der Waals surface area contributed by atoms with Crippen LogP contribution in [-0.4, -0.2) is 12.6 Å². The zero-order valence-corrected chi connectivity index (χ0v) is 12.3. The quantitative estimate of drug-likeness (QED) is 0.620. The molecule has 3 rings (SSSR count). The van der Waals surface area contributed by atoms with Crippen molar-refractivity contribution in [3.63, 3.8) is 0 Å². The largest absolute Gasteiger partial charge is 0.490 e. The van der Waals surface area contributed by atoms with Gasteiger partial charge in [0.25, 0.3) is 0 Å². The standard InChI is InChI=1S/C18H17FO3/c1-2-21-16-5-3-4-6-17(16)22-18(20)15-11-14(15)12-7-9-13(19)10-8-12/h3-10,14-15H,2,11H2,1H3. The van der Waals surface area contributed by atoms with Crippen LogP contribution in [0, 0.1) is 11.7 Å². The summed E-state index contributed by atoms with van der Waals surface area (Å²) in [5.74, 6) is 0.430. The second-order valence-electron chi connectivity index (χ2n) is 5.30. The summed E-state index contributed by atoms with van der Waals surface area (Å²) in [6.07, 6.45) is 0.737. The molecule has 2 aromatic carbocycles.